The lowest BCUT2D eigenvalue weighted by atomic mass is 9.97. The van der Waals surface area contributed by atoms with Crippen molar-refractivity contribution in [3.63, 3.8) is 0 Å². The number of primary amides is 1. The molecule has 2 unspecified atom stereocenters. The number of hydrogen-bond acceptors (Lipinski definition) is 4. The van der Waals surface area contributed by atoms with Gasteiger partial charge in [0.1, 0.15) is 5.54 Å². The molecule has 1 aliphatic heterocycles. The highest BCUT2D eigenvalue weighted by Gasteiger charge is 2.34. The van der Waals surface area contributed by atoms with Gasteiger partial charge < -0.3 is 16.0 Å². The Morgan fingerprint density at radius 3 is 2.79 bits per heavy atom. The molecule has 2 atom stereocenters. The molecular weight excluding hydrogens is 240 g/mol. The highest BCUT2D eigenvalue weighted by atomic mass is 16.1. The normalized spacial score (nSPS) is 24.4. The summed E-state index contributed by atoms with van der Waals surface area (Å²) < 4.78 is 0. The molecular formula is C14H30N4O. The molecule has 0 aromatic carbocycles. The van der Waals surface area contributed by atoms with E-state index in [1.165, 1.54) is 19.4 Å². The zero-order chi connectivity index (χ0) is 14.5. The molecule has 0 aliphatic carbocycles. The lowest BCUT2D eigenvalue weighted by molar-refractivity contribution is -0.124. The number of hydrogen-bond donors (Lipinski definition) is 2. The number of likely N-dealkylation sites (N-methyl/N-ethyl adjacent to an activating group) is 2. The number of carbonyl (C=O) groups excluding carboxylic acids is 1. The molecule has 1 aliphatic rings. The van der Waals surface area contributed by atoms with Gasteiger partial charge in [0.25, 0.3) is 0 Å². The van der Waals surface area contributed by atoms with Crippen molar-refractivity contribution in [2.24, 2.45) is 5.73 Å². The van der Waals surface area contributed by atoms with Crippen LogP contribution in [0.15, 0.2) is 0 Å². The lowest BCUT2D eigenvalue weighted by Crippen LogP contribution is -2.61. The van der Waals surface area contributed by atoms with Crippen molar-refractivity contribution in [2.45, 2.75) is 44.7 Å². The third-order valence-corrected chi connectivity index (χ3v) is 4.10. The van der Waals surface area contributed by atoms with Crippen LogP contribution in [0.2, 0.25) is 0 Å². The Morgan fingerprint density at radius 2 is 2.26 bits per heavy atom. The third kappa shape index (κ3) is 4.75. The second-order valence-corrected chi connectivity index (χ2v) is 6.10. The summed E-state index contributed by atoms with van der Waals surface area (Å²) in [4.78, 5) is 16.4. The Kier molecular flexibility index (Phi) is 6.23. The van der Waals surface area contributed by atoms with Crippen LogP contribution in [-0.2, 0) is 4.79 Å². The van der Waals surface area contributed by atoms with Crippen molar-refractivity contribution in [3.8, 4) is 0 Å². The Hall–Kier alpha value is -0.650. The van der Waals surface area contributed by atoms with Gasteiger partial charge in [-0.3, -0.25) is 9.69 Å². The van der Waals surface area contributed by atoms with Crippen LogP contribution in [0, 0.1) is 0 Å². The number of carbonyl (C=O) groups is 1. The quantitative estimate of drug-likeness (QED) is 0.696. The van der Waals surface area contributed by atoms with Crippen molar-refractivity contribution in [1.29, 1.82) is 0 Å². The summed E-state index contributed by atoms with van der Waals surface area (Å²) in [7, 11) is 4.25. The minimum absolute atomic E-state index is 0.267. The summed E-state index contributed by atoms with van der Waals surface area (Å²) in [6, 6.07) is 0.515. The smallest absolute Gasteiger partial charge is 0.238 e. The third-order valence-electron chi connectivity index (χ3n) is 4.10. The van der Waals surface area contributed by atoms with E-state index in [2.05, 4.69) is 36.1 Å². The molecule has 5 nitrogen and oxygen atoms in total. The van der Waals surface area contributed by atoms with Crippen LogP contribution in [0.5, 0.6) is 0 Å². The molecule has 1 rings (SSSR count). The minimum Gasteiger partial charge on any atom is -0.368 e. The first-order valence-corrected chi connectivity index (χ1v) is 7.32. The fourth-order valence-electron chi connectivity index (χ4n) is 2.75. The van der Waals surface area contributed by atoms with E-state index in [0.717, 1.165) is 19.5 Å². The minimum atomic E-state index is -0.638. The lowest BCUT2D eigenvalue weighted by Gasteiger charge is -2.40. The maximum absolute atomic E-state index is 11.7. The maximum atomic E-state index is 11.7. The van der Waals surface area contributed by atoms with Crippen LogP contribution in [-0.4, -0.2) is 67.6 Å². The first kappa shape index (κ1) is 16.4. The number of piperidine rings is 1. The molecule has 1 saturated heterocycles. The van der Waals surface area contributed by atoms with E-state index >= 15 is 0 Å². The Balaban J connectivity index is 2.59. The molecule has 0 aromatic heterocycles. The van der Waals surface area contributed by atoms with Gasteiger partial charge in [-0.2, -0.15) is 0 Å². The van der Waals surface area contributed by atoms with Crippen molar-refractivity contribution in [2.75, 3.05) is 40.3 Å². The highest BCUT2D eigenvalue weighted by Crippen LogP contribution is 2.16. The largest absolute Gasteiger partial charge is 0.368 e. The van der Waals surface area contributed by atoms with Crippen LogP contribution in [0.4, 0.5) is 0 Å². The van der Waals surface area contributed by atoms with E-state index in [0.29, 0.717) is 12.6 Å². The molecule has 5 heteroatoms. The molecule has 0 radical (unpaired) electrons. The van der Waals surface area contributed by atoms with E-state index < -0.39 is 5.54 Å². The van der Waals surface area contributed by atoms with Crippen LogP contribution in [0.3, 0.4) is 0 Å². The number of nitrogens with two attached hydrogens (primary N) is 1. The maximum Gasteiger partial charge on any atom is 0.238 e. The van der Waals surface area contributed by atoms with Crippen LogP contribution < -0.4 is 11.1 Å². The van der Waals surface area contributed by atoms with E-state index in [-0.39, 0.29) is 5.91 Å². The molecule has 1 amide bonds. The van der Waals surface area contributed by atoms with E-state index in [9.17, 15) is 4.79 Å². The first-order chi connectivity index (χ1) is 8.89. The predicted octanol–water partition coefficient (Wildman–Crippen LogP) is 0.256. The molecule has 112 valence electrons. The van der Waals surface area contributed by atoms with Crippen LogP contribution in [0.1, 0.15) is 33.1 Å². The molecule has 0 spiro atoms. The zero-order valence-corrected chi connectivity index (χ0v) is 12.9. The topological polar surface area (TPSA) is 61.6 Å². The molecule has 0 bridgehead atoms. The van der Waals surface area contributed by atoms with Gasteiger partial charge in [-0.15, -0.1) is 0 Å². The Morgan fingerprint density at radius 1 is 1.58 bits per heavy atom. The monoisotopic (exact) mass is 270 g/mol. The summed E-state index contributed by atoms with van der Waals surface area (Å²) in [6.07, 6.45) is 3.42. The number of likely N-dealkylation sites (tertiary alicyclic amines) is 1. The van der Waals surface area contributed by atoms with E-state index in [1.54, 1.807) is 0 Å². The second kappa shape index (κ2) is 7.22. The van der Waals surface area contributed by atoms with E-state index in [1.807, 2.05) is 6.92 Å². The van der Waals surface area contributed by atoms with Gasteiger partial charge in [0, 0.05) is 19.1 Å². The van der Waals surface area contributed by atoms with Crippen molar-refractivity contribution >= 4 is 5.91 Å². The zero-order valence-electron chi connectivity index (χ0n) is 12.9. The Bertz CT molecular complexity index is 297. The average Bonchev–Trinajstić information content (AvgIpc) is 2.36. The molecule has 1 heterocycles. The predicted molar refractivity (Wildman–Crippen MR) is 79.0 cm³/mol. The fraction of sp³-hybridized carbons (Fsp3) is 0.929. The summed E-state index contributed by atoms with van der Waals surface area (Å²) in [6.45, 7) is 7.73. The van der Waals surface area contributed by atoms with Crippen molar-refractivity contribution in [3.05, 3.63) is 0 Å². The first-order valence-electron chi connectivity index (χ1n) is 7.32. The summed E-state index contributed by atoms with van der Waals surface area (Å²) in [5, 5.41) is 3.30. The summed E-state index contributed by atoms with van der Waals surface area (Å²) in [5.74, 6) is -0.267. The average molecular weight is 270 g/mol. The van der Waals surface area contributed by atoms with Crippen molar-refractivity contribution < 1.29 is 4.79 Å². The van der Waals surface area contributed by atoms with Crippen LogP contribution >= 0.6 is 0 Å². The van der Waals surface area contributed by atoms with Gasteiger partial charge in [0.2, 0.25) is 5.91 Å². The molecule has 19 heavy (non-hydrogen) atoms. The summed E-state index contributed by atoms with van der Waals surface area (Å²) in [5.41, 5.74) is 4.94. The number of nitrogens with zero attached hydrogens (tertiary/aromatic N) is 2. The van der Waals surface area contributed by atoms with Gasteiger partial charge in [-0.1, -0.05) is 6.92 Å². The second-order valence-electron chi connectivity index (χ2n) is 6.10. The van der Waals surface area contributed by atoms with E-state index in [4.69, 9.17) is 5.73 Å². The Labute approximate surface area is 117 Å². The fourth-order valence-corrected chi connectivity index (χ4v) is 2.75. The van der Waals surface area contributed by atoms with Gasteiger partial charge in [0.15, 0.2) is 0 Å². The number of rotatable bonds is 7. The standard InChI is InChI=1S/C14H30N4O/c1-5-8-16-14(2,13(15)19)11-18(4)12-7-6-9-17(3)10-12/h12,16H,5-11H2,1-4H3,(H2,15,19). The van der Waals surface area contributed by atoms with Crippen LogP contribution in [0.25, 0.3) is 0 Å². The molecule has 0 saturated carbocycles. The molecule has 0 aromatic rings. The van der Waals surface area contributed by atoms with Gasteiger partial charge >= 0.3 is 0 Å². The number of amides is 1. The summed E-state index contributed by atoms with van der Waals surface area (Å²) >= 11 is 0. The SMILES string of the molecule is CCCNC(C)(CN(C)C1CCCN(C)C1)C(N)=O. The number of nitrogens with one attached hydrogen (secondary N) is 1. The molecule has 3 N–H and O–H groups in total. The van der Waals surface area contributed by atoms with Gasteiger partial charge in [-0.25, -0.2) is 0 Å². The van der Waals surface area contributed by atoms with Gasteiger partial charge in [-0.05, 0) is 53.4 Å². The highest BCUT2D eigenvalue weighted by molar-refractivity contribution is 5.84. The van der Waals surface area contributed by atoms with Gasteiger partial charge in [0.05, 0.1) is 0 Å². The van der Waals surface area contributed by atoms with Crippen molar-refractivity contribution in [1.82, 2.24) is 15.1 Å². The molecule has 1 fully saturated rings.